The number of thiophene rings is 1. The second-order valence-corrected chi connectivity index (χ2v) is 9.41. The number of hydrogen-bond donors (Lipinski definition) is 2. The van der Waals surface area contributed by atoms with Crippen LogP contribution in [0.4, 0.5) is 9.39 Å². The molecule has 2 rings (SSSR count). The molecule has 0 bridgehead atoms. The monoisotopic (exact) mass is 443 g/mol. The van der Waals surface area contributed by atoms with Crippen molar-refractivity contribution in [3.63, 3.8) is 0 Å². The number of nitrogens with one attached hydrogen (secondary N) is 1. The van der Waals surface area contributed by atoms with Gasteiger partial charge in [-0.3, -0.25) is 4.79 Å². The Morgan fingerprint density at radius 1 is 1.34 bits per heavy atom. The normalized spacial score (nSPS) is 12.7. The molecule has 0 radical (unpaired) electrons. The third-order valence-electron chi connectivity index (χ3n) is 4.15. The first kappa shape index (κ1) is 23.1. The molecule has 0 aliphatic heterocycles. The Morgan fingerprint density at radius 2 is 2.00 bits per heavy atom. The van der Waals surface area contributed by atoms with Crippen molar-refractivity contribution in [1.29, 1.82) is 0 Å². The van der Waals surface area contributed by atoms with Crippen LogP contribution in [0.25, 0.3) is 0 Å². The summed E-state index contributed by atoms with van der Waals surface area (Å²) >= 11 is 1.06. The van der Waals surface area contributed by atoms with Crippen molar-refractivity contribution in [2.75, 3.05) is 25.5 Å². The van der Waals surface area contributed by atoms with Crippen molar-refractivity contribution < 1.29 is 22.7 Å². The molecule has 158 valence electrons. The number of carbonyl (C=O) groups is 1. The van der Waals surface area contributed by atoms with Crippen LogP contribution < -0.4 is 5.32 Å². The van der Waals surface area contributed by atoms with E-state index in [9.17, 15) is 27.6 Å². The highest BCUT2D eigenvalue weighted by molar-refractivity contribution is 7.89. The lowest BCUT2D eigenvalue weighted by molar-refractivity contribution is -0.115. The smallest absolute Gasteiger partial charge is 0.245 e. The van der Waals surface area contributed by atoms with Crippen LogP contribution in [0.1, 0.15) is 29.9 Å². The van der Waals surface area contributed by atoms with E-state index >= 15 is 0 Å². The molecule has 1 aromatic heterocycles. The van der Waals surface area contributed by atoms with Crippen LogP contribution >= 0.6 is 11.3 Å². The maximum Gasteiger partial charge on any atom is 0.245 e. The van der Waals surface area contributed by atoms with E-state index in [-0.39, 0.29) is 41.7 Å². The first-order chi connectivity index (χ1) is 13.7. The number of aliphatic hydroxyl groups is 1. The van der Waals surface area contributed by atoms with Gasteiger partial charge in [0.15, 0.2) is 0 Å². The molecule has 8 nitrogen and oxygen atoms in total. The summed E-state index contributed by atoms with van der Waals surface area (Å²) in [6.45, 7) is 1.36. The SMILES string of the molecule is CCC(=O)Nc1sc(CCN=O)cc1S(=O)(=O)N(C)CC(O)c1ccc(F)cc1. The molecule has 1 heterocycles. The van der Waals surface area contributed by atoms with Gasteiger partial charge in [0.25, 0.3) is 0 Å². The number of likely N-dealkylation sites (N-methyl/N-ethyl adjacent to an activating group) is 1. The lowest BCUT2D eigenvalue weighted by Crippen LogP contribution is -2.31. The standard InChI is InChI=1S/C18H22FN3O5S2/c1-3-17(24)21-18-16(10-14(28-18)8-9-20-25)29(26,27)22(2)11-15(23)12-4-6-13(19)7-5-12/h4-7,10,15,23H,3,8-9,11H2,1-2H3,(H,21,24). The third-order valence-corrected chi connectivity index (χ3v) is 7.23. The van der Waals surface area contributed by atoms with Gasteiger partial charge in [-0.05, 0) is 23.8 Å². The number of amides is 1. The molecule has 0 saturated heterocycles. The molecule has 1 unspecified atom stereocenters. The van der Waals surface area contributed by atoms with Gasteiger partial charge in [0.05, 0.1) is 12.6 Å². The molecule has 0 saturated carbocycles. The highest BCUT2D eigenvalue weighted by Gasteiger charge is 2.29. The molecular formula is C18H22FN3O5S2. The van der Waals surface area contributed by atoms with Crippen molar-refractivity contribution in [1.82, 2.24) is 4.31 Å². The van der Waals surface area contributed by atoms with Gasteiger partial charge in [0.2, 0.25) is 15.9 Å². The molecule has 1 atom stereocenters. The Labute approximate surface area is 172 Å². The largest absolute Gasteiger partial charge is 0.387 e. The van der Waals surface area contributed by atoms with Gasteiger partial charge >= 0.3 is 0 Å². The van der Waals surface area contributed by atoms with Crippen LogP contribution in [-0.2, 0) is 21.2 Å². The highest BCUT2D eigenvalue weighted by atomic mass is 32.2. The third kappa shape index (κ3) is 5.89. The molecule has 1 aromatic carbocycles. The Kier molecular flexibility index (Phi) is 7.96. The highest BCUT2D eigenvalue weighted by Crippen LogP contribution is 2.34. The predicted octanol–water partition coefficient (Wildman–Crippen LogP) is 2.90. The molecular weight excluding hydrogens is 421 g/mol. The molecule has 0 aliphatic rings. The number of nitrogens with zero attached hydrogens (tertiary/aromatic N) is 2. The van der Waals surface area contributed by atoms with Crippen LogP contribution in [0.5, 0.6) is 0 Å². The van der Waals surface area contributed by atoms with Gasteiger partial charge in [-0.1, -0.05) is 24.2 Å². The summed E-state index contributed by atoms with van der Waals surface area (Å²) < 4.78 is 40.1. The van der Waals surface area contributed by atoms with Gasteiger partial charge in [-0.2, -0.15) is 9.21 Å². The van der Waals surface area contributed by atoms with Gasteiger partial charge in [0, 0.05) is 31.3 Å². The Balaban J connectivity index is 2.29. The number of sulfonamides is 1. The Morgan fingerprint density at radius 3 is 2.59 bits per heavy atom. The topological polar surface area (TPSA) is 116 Å². The quantitative estimate of drug-likeness (QED) is 0.548. The van der Waals surface area contributed by atoms with E-state index in [0.29, 0.717) is 10.4 Å². The van der Waals surface area contributed by atoms with Crippen molar-refractivity contribution in [3.05, 3.63) is 51.5 Å². The molecule has 1 amide bonds. The van der Waals surface area contributed by atoms with Crippen molar-refractivity contribution in [3.8, 4) is 0 Å². The average molecular weight is 444 g/mol. The first-order valence-electron chi connectivity index (χ1n) is 8.80. The average Bonchev–Trinajstić information content (AvgIpc) is 3.09. The van der Waals surface area contributed by atoms with E-state index in [0.717, 1.165) is 15.6 Å². The summed E-state index contributed by atoms with van der Waals surface area (Å²) in [5.74, 6) is -0.814. The Bertz CT molecular complexity index is 960. The summed E-state index contributed by atoms with van der Waals surface area (Å²) in [4.78, 5) is 22.6. The van der Waals surface area contributed by atoms with Gasteiger partial charge in [-0.15, -0.1) is 11.3 Å². The Hall–Kier alpha value is -2.21. The summed E-state index contributed by atoms with van der Waals surface area (Å²) in [7, 11) is -2.75. The maximum absolute atomic E-state index is 13.1. The van der Waals surface area contributed by atoms with Gasteiger partial charge in [0.1, 0.15) is 15.7 Å². The fourth-order valence-electron chi connectivity index (χ4n) is 2.50. The number of anilines is 1. The number of halogens is 1. The van der Waals surface area contributed by atoms with Crippen LogP contribution in [0.15, 0.2) is 40.4 Å². The van der Waals surface area contributed by atoms with Crippen molar-refractivity contribution in [2.45, 2.75) is 30.8 Å². The van der Waals surface area contributed by atoms with E-state index in [2.05, 4.69) is 10.5 Å². The minimum Gasteiger partial charge on any atom is -0.387 e. The van der Waals surface area contributed by atoms with Crippen molar-refractivity contribution in [2.24, 2.45) is 5.18 Å². The lowest BCUT2D eigenvalue weighted by atomic mass is 10.1. The zero-order valence-electron chi connectivity index (χ0n) is 16.0. The molecule has 2 aromatic rings. The number of benzene rings is 1. The number of aliphatic hydroxyl groups excluding tert-OH is 1. The number of rotatable bonds is 10. The number of hydrogen-bond acceptors (Lipinski definition) is 7. The summed E-state index contributed by atoms with van der Waals surface area (Å²) in [6.07, 6.45) is -0.746. The van der Waals surface area contributed by atoms with Gasteiger partial charge in [-0.25, -0.2) is 12.8 Å². The van der Waals surface area contributed by atoms with Gasteiger partial charge < -0.3 is 10.4 Å². The van der Waals surface area contributed by atoms with E-state index in [1.54, 1.807) is 6.92 Å². The fourth-order valence-corrected chi connectivity index (χ4v) is 5.22. The molecule has 2 N–H and O–H groups in total. The second-order valence-electron chi connectivity index (χ2n) is 6.26. The maximum atomic E-state index is 13.1. The van der Waals surface area contributed by atoms with E-state index in [1.165, 1.54) is 37.4 Å². The lowest BCUT2D eigenvalue weighted by Gasteiger charge is -2.21. The van der Waals surface area contributed by atoms with Crippen LogP contribution in [0.3, 0.4) is 0 Å². The molecule has 29 heavy (non-hydrogen) atoms. The van der Waals surface area contributed by atoms with Crippen molar-refractivity contribution >= 4 is 32.3 Å². The summed E-state index contributed by atoms with van der Waals surface area (Å²) in [6, 6.07) is 6.51. The predicted molar refractivity (Wildman–Crippen MR) is 109 cm³/mol. The van der Waals surface area contributed by atoms with Crippen LogP contribution in [0, 0.1) is 10.7 Å². The van der Waals surface area contributed by atoms with E-state index in [4.69, 9.17) is 0 Å². The second kappa shape index (κ2) is 10.0. The minimum atomic E-state index is -4.05. The molecule has 0 spiro atoms. The summed E-state index contributed by atoms with van der Waals surface area (Å²) in [5, 5.41) is 15.8. The summed E-state index contributed by atoms with van der Waals surface area (Å²) in [5.41, 5.74) is 0.371. The number of nitroso groups, excluding NO2 is 1. The van der Waals surface area contributed by atoms with Crippen LogP contribution in [0.2, 0.25) is 0 Å². The minimum absolute atomic E-state index is 0.0136. The molecule has 0 aliphatic carbocycles. The zero-order valence-corrected chi connectivity index (χ0v) is 17.6. The molecule has 0 fully saturated rings. The van der Waals surface area contributed by atoms with Crippen LogP contribution in [-0.4, -0.2) is 43.9 Å². The number of carbonyl (C=O) groups excluding carboxylic acids is 1. The zero-order chi connectivity index (χ0) is 21.6. The fraction of sp³-hybridized carbons (Fsp3) is 0.389. The van der Waals surface area contributed by atoms with E-state index < -0.39 is 21.9 Å². The van der Waals surface area contributed by atoms with E-state index in [1.807, 2.05) is 0 Å². The molecule has 11 heteroatoms. The first-order valence-corrected chi connectivity index (χ1v) is 11.1.